The van der Waals surface area contributed by atoms with Gasteiger partial charge in [-0.3, -0.25) is 4.90 Å². The van der Waals surface area contributed by atoms with Crippen molar-refractivity contribution in [2.45, 2.75) is 12.6 Å². The first-order valence-electron chi connectivity index (χ1n) is 4.16. The van der Waals surface area contributed by atoms with E-state index in [-0.39, 0.29) is 6.04 Å². The first kappa shape index (κ1) is 8.91. The van der Waals surface area contributed by atoms with Gasteiger partial charge in [0, 0.05) is 11.0 Å². The molecule has 0 spiro atoms. The molecular formula is C10H10BrNO. The van der Waals surface area contributed by atoms with Gasteiger partial charge in [0.1, 0.15) is 6.29 Å². The van der Waals surface area contributed by atoms with Crippen molar-refractivity contribution in [2.24, 2.45) is 0 Å². The zero-order valence-corrected chi connectivity index (χ0v) is 8.91. The van der Waals surface area contributed by atoms with Crippen LogP contribution in [0.4, 0.5) is 0 Å². The van der Waals surface area contributed by atoms with Crippen LogP contribution >= 0.6 is 15.9 Å². The molecule has 0 bridgehead atoms. The standard InChI is InChI=1S/C10H10BrNO/c1-12-5-7-4-8(11)2-3-9(7)10(12)6-13/h2-4,6,10H,5H2,1H3. The van der Waals surface area contributed by atoms with Gasteiger partial charge in [0.05, 0.1) is 6.04 Å². The Morgan fingerprint density at radius 1 is 1.62 bits per heavy atom. The van der Waals surface area contributed by atoms with Gasteiger partial charge in [-0.05, 0) is 30.3 Å². The average Bonchev–Trinajstić information content (AvgIpc) is 2.39. The lowest BCUT2D eigenvalue weighted by Crippen LogP contribution is -2.17. The molecule has 0 fully saturated rings. The van der Waals surface area contributed by atoms with Crippen LogP contribution in [0.15, 0.2) is 22.7 Å². The maximum absolute atomic E-state index is 10.8. The highest BCUT2D eigenvalue weighted by molar-refractivity contribution is 9.10. The fourth-order valence-electron chi connectivity index (χ4n) is 1.78. The van der Waals surface area contributed by atoms with E-state index in [1.807, 2.05) is 24.1 Å². The Morgan fingerprint density at radius 3 is 3.08 bits per heavy atom. The number of nitrogens with zero attached hydrogens (tertiary/aromatic N) is 1. The van der Waals surface area contributed by atoms with Gasteiger partial charge in [-0.2, -0.15) is 0 Å². The second-order valence-corrected chi connectivity index (χ2v) is 4.25. The summed E-state index contributed by atoms with van der Waals surface area (Å²) >= 11 is 3.42. The van der Waals surface area contributed by atoms with Gasteiger partial charge < -0.3 is 4.79 Å². The second-order valence-electron chi connectivity index (χ2n) is 3.34. The van der Waals surface area contributed by atoms with E-state index in [0.717, 1.165) is 22.9 Å². The fourth-order valence-corrected chi connectivity index (χ4v) is 2.19. The van der Waals surface area contributed by atoms with Crippen LogP contribution in [0.25, 0.3) is 0 Å². The lowest BCUT2D eigenvalue weighted by molar-refractivity contribution is -0.111. The summed E-state index contributed by atoms with van der Waals surface area (Å²) in [6.45, 7) is 0.859. The molecule has 1 atom stereocenters. The van der Waals surface area contributed by atoms with Crippen LogP contribution in [0.1, 0.15) is 17.2 Å². The normalized spacial score (nSPS) is 21.5. The van der Waals surface area contributed by atoms with Gasteiger partial charge in [0.15, 0.2) is 0 Å². The van der Waals surface area contributed by atoms with Crippen LogP contribution in [0.5, 0.6) is 0 Å². The van der Waals surface area contributed by atoms with Crippen LogP contribution in [-0.2, 0) is 11.3 Å². The van der Waals surface area contributed by atoms with Crippen molar-refractivity contribution >= 4 is 22.2 Å². The third kappa shape index (κ3) is 1.42. The van der Waals surface area contributed by atoms with E-state index < -0.39 is 0 Å². The Hall–Kier alpha value is -0.670. The molecule has 3 heteroatoms. The molecule has 0 aliphatic carbocycles. The van der Waals surface area contributed by atoms with E-state index in [2.05, 4.69) is 22.0 Å². The summed E-state index contributed by atoms with van der Waals surface area (Å²) in [6, 6.07) is 6.02. The largest absolute Gasteiger partial charge is 0.301 e. The number of benzene rings is 1. The summed E-state index contributed by atoms with van der Waals surface area (Å²) in [5.41, 5.74) is 2.38. The fraction of sp³-hybridized carbons (Fsp3) is 0.300. The Balaban J connectivity index is 2.48. The second kappa shape index (κ2) is 3.24. The molecule has 1 aromatic carbocycles. The molecule has 68 valence electrons. The van der Waals surface area contributed by atoms with Crippen molar-refractivity contribution in [1.82, 2.24) is 4.90 Å². The van der Waals surface area contributed by atoms with Gasteiger partial charge in [-0.15, -0.1) is 0 Å². The number of hydrogen-bond acceptors (Lipinski definition) is 2. The lowest BCUT2D eigenvalue weighted by atomic mass is 10.1. The predicted molar refractivity (Wildman–Crippen MR) is 54.4 cm³/mol. The number of halogens is 1. The number of carbonyl (C=O) groups excluding carboxylic acids is 1. The maximum Gasteiger partial charge on any atom is 0.141 e. The first-order valence-corrected chi connectivity index (χ1v) is 4.95. The molecule has 1 aromatic rings. The van der Waals surface area contributed by atoms with Crippen LogP contribution in [-0.4, -0.2) is 18.2 Å². The van der Waals surface area contributed by atoms with Crippen molar-refractivity contribution < 1.29 is 4.79 Å². The summed E-state index contributed by atoms with van der Waals surface area (Å²) in [7, 11) is 1.97. The number of carbonyl (C=O) groups is 1. The van der Waals surface area contributed by atoms with Gasteiger partial charge in [-0.1, -0.05) is 22.0 Å². The number of hydrogen-bond donors (Lipinski definition) is 0. The molecule has 1 heterocycles. The van der Waals surface area contributed by atoms with Crippen molar-refractivity contribution in [3.63, 3.8) is 0 Å². The third-order valence-corrected chi connectivity index (χ3v) is 2.94. The number of fused-ring (bicyclic) bond motifs is 1. The Labute approximate surface area is 85.7 Å². The topological polar surface area (TPSA) is 20.3 Å². The number of rotatable bonds is 1. The van der Waals surface area contributed by atoms with Crippen molar-refractivity contribution in [2.75, 3.05) is 7.05 Å². The van der Waals surface area contributed by atoms with E-state index in [1.54, 1.807) is 0 Å². The van der Waals surface area contributed by atoms with Crippen molar-refractivity contribution in [1.29, 1.82) is 0 Å². The zero-order chi connectivity index (χ0) is 9.42. The van der Waals surface area contributed by atoms with Crippen LogP contribution in [0.3, 0.4) is 0 Å². The monoisotopic (exact) mass is 239 g/mol. The molecule has 1 aliphatic rings. The van der Waals surface area contributed by atoms with E-state index >= 15 is 0 Å². The summed E-state index contributed by atoms with van der Waals surface area (Å²) < 4.78 is 1.08. The van der Waals surface area contributed by atoms with Gasteiger partial charge in [0.25, 0.3) is 0 Å². The highest BCUT2D eigenvalue weighted by atomic mass is 79.9. The molecule has 2 nitrogen and oxygen atoms in total. The molecule has 0 radical (unpaired) electrons. The Kier molecular flexibility index (Phi) is 2.22. The van der Waals surface area contributed by atoms with Gasteiger partial charge >= 0.3 is 0 Å². The minimum atomic E-state index is -0.0527. The molecule has 1 aliphatic heterocycles. The Morgan fingerprint density at radius 2 is 2.38 bits per heavy atom. The minimum absolute atomic E-state index is 0.0527. The lowest BCUT2D eigenvalue weighted by Gasteiger charge is -2.12. The summed E-state index contributed by atoms with van der Waals surface area (Å²) in [6.07, 6.45) is 1.000. The highest BCUT2D eigenvalue weighted by Crippen LogP contribution is 2.32. The minimum Gasteiger partial charge on any atom is -0.301 e. The van der Waals surface area contributed by atoms with Crippen molar-refractivity contribution in [3.8, 4) is 0 Å². The molecule has 0 amide bonds. The maximum atomic E-state index is 10.8. The molecule has 0 N–H and O–H groups in total. The molecular weight excluding hydrogens is 230 g/mol. The van der Waals surface area contributed by atoms with Crippen LogP contribution < -0.4 is 0 Å². The van der Waals surface area contributed by atoms with E-state index in [9.17, 15) is 4.79 Å². The van der Waals surface area contributed by atoms with Crippen LogP contribution in [0.2, 0.25) is 0 Å². The van der Waals surface area contributed by atoms with E-state index in [1.165, 1.54) is 5.56 Å². The van der Waals surface area contributed by atoms with Gasteiger partial charge in [-0.25, -0.2) is 0 Å². The smallest absolute Gasteiger partial charge is 0.141 e. The molecule has 13 heavy (non-hydrogen) atoms. The van der Waals surface area contributed by atoms with Crippen LogP contribution in [0, 0.1) is 0 Å². The number of likely N-dealkylation sites (N-methyl/N-ethyl adjacent to an activating group) is 1. The molecule has 0 saturated carbocycles. The van der Waals surface area contributed by atoms with Crippen molar-refractivity contribution in [3.05, 3.63) is 33.8 Å². The predicted octanol–water partition coefficient (Wildman–Crippen LogP) is 2.13. The first-order chi connectivity index (χ1) is 6.22. The average molecular weight is 240 g/mol. The quantitative estimate of drug-likeness (QED) is 0.701. The molecule has 2 rings (SSSR count). The molecule has 0 aromatic heterocycles. The zero-order valence-electron chi connectivity index (χ0n) is 7.33. The molecule has 1 unspecified atom stereocenters. The van der Waals surface area contributed by atoms with E-state index in [0.29, 0.717) is 0 Å². The number of aldehydes is 1. The summed E-state index contributed by atoms with van der Waals surface area (Å²) in [4.78, 5) is 12.9. The SMILES string of the molecule is CN1Cc2cc(Br)ccc2C1C=O. The van der Waals surface area contributed by atoms with Gasteiger partial charge in [0.2, 0.25) is 0 Å². The summed E-state index contributed by atoms with van der Waals surface area (Å²) in [5, 5.41) is 0. The third-order valence-electron chi connectivity index (χ3n) is 2.45. The Bertz CT molecular complexity index is 351. The summed E-state index contributed by atoms with van der Waals surface area (Å²) in [5.74, 6) is 0. The van der Waals surface area contributed by atoms with E-state index in [4.69, 9.17) is 0 Å². The highest BCUT2D eigenvalue weighted by Gasteiger charge is 2.26. The molecule has 0 saturated heterocycles.